The van der Waals surface area contributed by atoms with Crippen molar-refractivity contribution in [3.05, 3.63) is 41.6 Å². The highest BCUT2D eigenvalue weighted by molar-refractivity contribution is 5.86. The van der Waals surface area contributed by atoms with Gasteiger partial charge in [0.05, 0.1) is 11.6 Å². The Kier molecular flexibility index (Phi) is 2.97. The first-order valence-corrected chi connectivity index (χ1v) is 6.81. The number of hydrogen-bond donors (Lipinski definition) is 0. The molecule has 19 heavy (non-hydrogen) atoms. The number of benzene rings is 1. The SMILES string of the molecule is Cc1ccccc1-c1nn(C(C)C2CC2)cc1C=O. The minimum atomic E-state index is 0.386. The Bertz CT molecular complexity index is 611. The first-order chi connectivity index (χ1) is 9.20. The number of nitrogens with zero attached hydrogens (tertiary/aromatic N) is 2. The van der Waals surface area contributed by atoms with Gasteiger partial charge >= 0.3 is 0 Å². The lowest BCUT2D eigenvalue weighted by molar-refractivity contribution is 0.112. The lowest BCUT2D eigenvalue weighted by Crippen LogP contribution is -2.07. The molecule has 2 aromatic rings. The fourth-order valence-corrected chi connectivity index (χ4v) is 2.54. The summed E-state index contributed by atoms with van der Waals surface area (Å²) in [4.78, 5) is 11.3. The van der Waals surface area contributed by atoms with Gasteiger partial charge in [-0.3, -0.25) is 9.48 Å². The highest BCUT2D eigenvalue weighted by Gasteiger charge is 2.30. The van der Waals surface area contributed by atoms with E-state index in [1.807, 2.05) is 42.1 Å². The van der Waals surface area contributed by atoms with Crippen LogP contribution in [0.1, 0.15) is 41.7 Å². The van der Waals surface area contributed by atoms with Gasteiger partial charge in [-0.25, -0.2) is 0 Å². The van der Waals surface area contributed by atoms with Gasteiger partial charge in [0.2, 0.25) is 0 Å². The molecule has 3 heteroatoms. The van der Waals surface area contributed by atoms with Crippen LogP contribution in [0.25, 0.3) is 11.3 Å². The summed E-state index contributed by atoms with van der Waals surface area (Å²) in [5.41, 5.74) is 3.68. The number of rotatable bonds is 4. The fourth-order valence-electron chi connectivity index (χ4n) is 2.54. The van der Waals surface area contributed by atoms with Crippen LogP contribution in [-0.2, 0) is 0 Å². The largest absolute Gasteiger partial charge is 0.298 e. The predicted octanol–water partition coefficient (Wildman–Crippen LogP) is 3.64. The van der Waals surface area contributed by atoms with Crippen LogP contribution in [0.3, 0.4) is 0 Å². The molecule has 1 aliphatic carbocycles. The van der Waals surface area contributed by atoms with Crippen LogP contribution < -0.4 is 0 Å². The molecule has 1 aromatic carbocycles. The van der Waals surface area contributed by atoms with E-state index in [1.165, 1.54) is 12.8 Å². The summed E-state index contributed by atoms with van der Waals surface area (Å²) >= 11 is 0. The third-order valence-corrected chi connectivity index (χ3v) is 4.01. The van der Waals surface area contributed by atoms with E-state index >= 15 is 0 Å². The molecule has 0 aliphatic heterocycles. The Morgan fingerprint density at radius 1 is 1.37 bits per heavy atom. The molecule has 3 nitrogen and oxygen atoms in total. The summed E-state index contributed by atoms with van der Waals surface area (Å²) in [5, 5.41) is 4.66. The molecule has 98 valence electrons. The molecule has 0 radical (unpaired) electrons. The lowest BCUT2D eigenvalue weighted by atomic mass is 10.0. The fraction of sp³-hybridized carbons (Fsp3) is 0.375. The lowest BCUT2D eigenvalue weighted by Gasteiger charge is -2.10. The second kappa shape index (κ2) is 4.65. The summed E-state index contributed by atoms with van der Waals surface area (Å²) in [6.45, 7) is 4.23. The Hall–Kier alpha value is -1.90. The van der Waals surface area contributed by atoms with E-state index in [-0.39, 0.29) is 0 Å². The van der Waals surface area contributed by atoms with Gasteiger partial charge < -0.3 is 0 Å². The molecule has 0 amide bonds. The molecule has 0 bridgehead atoms. The first kappa shape index (κ1) is 12.2. The molecule has 0 saturated heterocycles. The van der Waals surface area contributed by atoms with Gasteiger partial charge in [0.25, 0.3) is 0 Å². The molecule has 1 fully saturated rings. The van der Waals surface area contributed by atoms with Crippen molar-refractivity contribution in [2.75, 3.05) is 0 Å². The third-order valence-electron chi connectivity index (χ3n) is 4.01. The number of aldehydes is 1. The summed E-state index contributed by atoms with van der Waals surface area (Å²) in [5.74, 6) is 0.726. The summed E-state index contributed by atoms with van der Waals surface area (Å²) < 4.78 is 1.96. The second-order valence-corrected chi connectivity index (χ2v) is 5.42. The molecule has 1 heterocycles. The van der Waals surface area contributed by atoms with Crippen molar-refractivity contribution in [3.8, 4) is 11.3 Å². The third kappa shape index (κ3) is 2.21. The monoisotopic (exact) mass is 254 g/mol. The average molecular weight is 254 g/mol. The average Bonchev–Trinajstić information content (AvgIpc) is 3.18. The van der Waals surface area contributed by atoms with Crippen LogP contribution in [0.5, 0.6) is 0 Å². The molecule has 1 aromatic heterocycles. The second-order valence-electron chi connectivity index (χ2n) is 5.42. The van der Waals surface area contributed by atoms with Crippen molar-refractivity contribution in [2.45, 2.75) is 32.7 Å². The van der Waals surface area contributed by atoms with Gasteiger partial charge in [-0.15, -0.1) is 0 Å². The zero-order valence-electron chi connectivity index (χ0n) is 11.3. The minimum Gasteiger partial charge on any atom is -0.298 e. The molecule has 0 N–H and O–H groups in total. The van der Waals surface area contributed by atoms with Crippen LogP contribution >= 0.6 is 0 Å². The number of carbonyl (C=O) groups excluding carboxylic acids is 1. The van der Waals surface area contributed by atoms with Gasteiger partial charge in [-0.05, 0) is 38.2 Å². The van der Waals surface area contributed by atoms with Crippen molar-refractivity contribution >= 4 is 6.29 Å². The highest BCUT2D eigenvalue weighted by atomic mass is 16.1. The molecule has 1 atom stereocenters. The van der Waals surface area contributed by atoms with Crippen LogP contribution in [-0.4, -0.2) is 16.1 Å². The zero-order chi connectivity index (χ0) is 13.4. The van der Waals surface area contributed by atoms with Gasteiger partial charge in [0.15, 0.2) is 6.29 Å². The Balaban J connectivity index is 2.05. The molecular weight excluding hydrogens is 236 g/mol. The summed E-state index contributed by atoms with van der Waals surface area (Å²) in [7, 11) is 0. The first-order valence-electron chi connectivity index (χ1n) is 6.81. The van der Waals surface area contributed by atoms with Gasteiger partial charge in [0.1, 0.15) is 5.69 Å². The molecule has 1 aliphatic rings. The minimum absolute atomic E-state index is 0.386. The van der Waals surface area contributed by atoms with Crippen LogP contribution in [0.15, 0.2) is 30.5 Å². The van der Waals surface area contributed by atoms with Crippen LogP contribution in [0.4, 0.5) is 0 Å². The Morgan fingerprint density at radius 2 is 2.11 bits per heavy atom. The van der Waals surface area contributed by atoms with E-state index in [9.17, 15) is 4.79 Å². The number of aromatic nitrogens is 2. The Labute approximate surface area is 113 Å². The maximum absolute atomic E-state index is 11.3. The summed E-state index contributed by atoms with van der Waals surface area (Å²) in [6.07, 6.45) is 5.34. The number of hydrogen-bond acceptors (Lipinski definition) is 2. The van der Waals surface area contributed by atoms with E-state index in [2.05, 4.69) is 12.0 Å². The van der Waals surface area contributed by atoms with Crippen molar-refractivity contribution in [1.29, 1.82) is 0 Å². The van der Waals surface area contributed by atoms with Crippen molar-refractivity contribution < 1.29 is 4.79 Å². The molecular formula is C16H18N2O. The zero-order valence-corrected chi connectivity index (χ0v) is 11.3. The molecule has 3 rings (SSSR count). The van der Waals surface area contributed by atoms with Crippen LogP contribution in [0, 0.1) is 12.8 Å². The van der Waals surface area contributed by atoms with Gasteiger partial charge in [0, 0.05) is 11.8 Å². The van der Waals surface area contributed by atoms with E-state index in [0.29, 0.717) is 11.6 Å². The normalized spacial score (nSPS) is 16.3. The van der Waals surface area contributed by atoms with E-state index in [1.54, 1.807) is 0 Å². The summed E-state index contributed by atoms with van der Waals surface area (Å²) in [6, 6.07) is 8.45. The van der Waals surface area contributed by atoms with E-state index in [0.717, 1.165) is 29.0 Å². The quantitative estimate of drug-likeness (QED) is 0.781. The van der Waals surface area contributed by atoms with E-state index in [4.69, 9.17) is 0 Å². The topological polar surface area (TPSA) is 34.9 Å². The molecule has 1 saturated carbocycles. The van der Waals surface area contributed by atoms with Crippen LogP contribution in [0.2, 0.25) is 0 Å². The number of carbonyl (C=O) groups is 1. The maximum Gasteiger partial charge on any atom is 0.153 e. The van der Waals surface area contributed by atoms with Crippen molar-refractivity contribution in [3.63, 3.8) is 0 Å². The van der Waals surface area contributed by atoms with Crippen molar-refractivity contribution in [2.24, 2.45) is 5.92 Å². The van der Waals surface area contributed by atoms with Gasteiger partial charge in [-0.1, -0.05) is 24.3 Å². The maximum atomic E-state index is 11.3. The molecule has 1 unspecified atom stereocenters. The van der Waals surface area contributed by atoms with Gasteiger partial charge in [-0.2, -0.15) is 5.10 Å². The van der Waals surface area contributed by atoms with Crippen molar-refractivity contribution in [1.82, 2.24) is 9.78 Å². The standard InChI is InChI=1S/C16H18N2O/c1-11-5-3-4-6-15(11)16-14(10-19)9-18(17-16)12(2)13-7-8-13/h3-6,9-10,12-13H,7-8H2,1-2H3. The highest BCUT2D eigenvalue weighted by Crippen LogP contribution is 2.39. The number of aryl methyl sites for hydroxylation is 1. The smallest absolute Gasteiger partial charge is 0.153 e. The van der Waals surface area contributed by atoms with E-state index < -0.39 is 0 Å². The predicted molar refractivity (Wildman–Crippen MR) is 75.2 cm³/mol. The Morgan fingerprint density at radius 3 is 2.74 bits per heavy atom. The molecule has 0 spiro atoms.